The molecular weight excluding hydrogens is 719 g/mol. The Labute approximate surface area is 334 Å². The van der Waals surface area contributed by atoms with E-state index in [-0.39, 0.29) is 30.0 Å². The van der Waals surface area contributed by atoms with Crippen LogP contribution in [0.25, 0.3) is 44.4 Å². The highest BCUT2D eigenvalue weighted by Crippen LogP contribution is 2.35. The molecule has 1 aliphatic heterocycles. The number of fused-ring (bicyclic) bond motifs is 1. The standard InChI is InChI=1S/C45H55N7O5/c1-27(2)40(50-43(54)56-7)42(53)51-20-8-9-38(51)41-47-25-37(49-41)34-18-17-32-22-31(15-16-33(32)23-34)29-11-13-30(14-12-29)36-24-46-39(48-36)26-52(35-19-10-28(3)21-35)44(55)57-45(4,5)6/h11-18,22-25,27-28,35,38,40H,8-10,19-21,26H2,1-7H3,(H,46,48)(H,47,49)(H,50,54)/t28-,35+,38+,40+/m1/s1. The van der Waals surface area contributed by atoms with Crippen molar-refractivity contribution in [1.29, 1.82) is 0 Å². The number of amides is 3. The molecule has 12 heteroatoms. The van der Waals surface area contributed by atoms with Crippen molar-refractivity contribution < 1.29 is 23.9 Å². The lowest BCUT2D eigenvalue weighted by atomic mass is 9.98. The fraction of sp³-hybridized carbons (Fsp3) is 0.444. The predicted octanol–water partition coefficient (Wildman–Crippen LogP) is 9.26. The molecule has 1 aliphatic carbocycles. The number of carbonyl (C=O) groups is 3. The maximum Gasteiger partial charge on any atom is 0.410 e. The van der Waals surface area contributed by atoms with Crippen LogP contribution in [0.2, 0.25) is 0 Å². The molecule has 3 heterocycles. The van der Waals surface area contributed by atoms with Crippen molar-refractivity contribution in [3.63, 3.8) is 0 Å². The van der Waals surface area contributed by atoms with E-state index in [1.54, 1.807) is 0 Å². The van der Waals surface area contributed by atoms with Gasteiger partial charge in [0, 0.05) is 18.2 Å². The number of hydrogen-bond acceptors (Lipinski definition) is 7. The number of nitrogens with one attached hydrogen (secondary N) is 3. The highest BCUT2D eigenvalue weighted by molar-refractivity contribution is 5.91. The second-order valence-corrected chi connectivity index (χ2v) is 17.0. The van der Waals surface area contributed by atoms with E-state index in [2.05, 4.69) is 87.9 Å². The van der Waals surface area contributed by atoms with Gasteiger partial charge in [-0.3, -0.25) is 9.69 Å². The Kier molecular flexibility index (Phi) is 11.4. The average Bonchev–Trinajstić information content (AvgIpc) is 4.02. The molecule has 3 N–H and O–H groups in total. The second-order valence-electron chi connectivity index (χ2n) is 17.0. The predicted molar refractivity (Wildman–Crippen MR) is 221 cm³/mol. The van der Waals surface area contributed by atoms with Crippen LogP contribution in [0.5, 0.6) is 0 Å². The number of carbonyl (C=O) groups excluding carboxylic acids is 3. The number of methoxy groups -OCH3 is 1. The minimum atomic E-state index is -0.680. The minimum absolute atomic E-state index is 0.0975. The van der Waals surface area contributed by atoms with Gasteiger partial charge in [-0.15, -0.1) is 0 Å². The number of aromatic nitrogens is 4. The number of aromatic amines is 2. The Bertz CT molecular complexity index is 2220. The van der Waals surface area contributed by atoms with Crippen molar-refractivity contribution in [2.24, 2.45) is 11.8 Å². The largest absolute Gasteiger partial charge is 0.453 e. The molecule has 57 heavy (non-hydrogen) atoms. The van der Waals surface area contributed by atoms with E-state index in [0.717, 1.165) is 88.2 Å². The SMILES string of the molecule is COC(=O)N[C@H](C(=O)N1CCC[C@H]1c1ncc(-c2ccc3cc(-c4ccc(-c5cnc(CN(C(=O)OC(C)(C)C)[C@H]6CC[C@@H](C)C6)[nH]5)cc4)ccc3c2)[nH]1)C(C)C. The van der Waals surface area contributed by atoms with Crippen molar-refractivity contribution >= 4 is 28.9 Å². The van der Waals surface area contributed by atoms with Crippen LogP contribution >= 0.6 is 0 Å². The van der Waals surface area contributed by atoms with Crippen LogP contribution in [0, 0.1) is 11.8 Å². The van der Waals surface area contributed by atoms with Crippen molar-refractivity contribution in [3.05, 3.63) is 84.7 Å². The molecule has 300 valence electrons. The summed E-state index contributed by atoms with van der Waals surface area (Å²) in [6.45, 7) is 12.7. The van der Waals surface area contributed by atoms with Crippen LogP contribution in [0.15, 0.2) is 73.1 Å². The first-order valence-corrected chi connectivity index (χ1v) is 20.1. The summed E-state index contributed by atoms with van der Waals surface area (Å²) in [5, 5.41) is 4.93. The summed E-state index contributed by atoms with van der Waals surface area (Å²) in [5.41, 5.74) is 5.45. The molecule has 2 aromatic heterocycles. The molecule has 4 atom stereocenters. The van der Waals surface area contributed by atoms with Gasteiger partial charge in [0.1, 0.15) is 23.3 Å². The number of likely N-dealkylation sites (tertiary alicyclic amines) is 1. The Morgan fingerprint density at radius 1 is 0.877 bits per heavy atom. The number of benzene rings is 3. The number of hydrogen-bond donors (Lipinski definition) is 3. The Balaban J connectivity index is 1.02. The van der Waals surface area contributed by atoms with Crippen LogP contribution in [0.4, 0.5) is 9.59 Å². The van der Waals surface area contributed by atoms with Crippen molar-refractivity contribution in [3.8, 4) is 33.6 Å². The molecular formula is C45H55N7O5. The van der Waals surface area contributed by atoms with Gasteiger partial charge in [-0.2, -0.15) is 0 Å². The zero-order valence-electron chi connectivity index (χ0n) is 34.1. The molecule has 1 saturated heterocycles. The zero-order chi connectivity index (χ0) is 40.4. The smallest absolute Gasteiger partial charge is 0.410 e. The number of rotatable bonds is 10. The lowest BCUT2D eigenvalue weighted by Crippen LogP contribution is -2.51. The summed E-state index contributed by atoms with van der Waals surface area (Å²) in [5.74, 6) is 1.83. The molecule has 2 fully saturated rings. The molecule has 0 unspecified atom stereocenters. The first-order valence-electron chi connectivity index (χ1n) is 20.1. The maximum absolute atomic E-state index is 13.6. The van der Waals surface area contributed by atoms with Crippen LogP contribution in [-0.2, 0) is 20.8 Å². The summed E-state index contributed by atoms with van der Waals surface area (Å²) in [4.78, 5) is 58.8. The fourth-order valence-corrected chi connectivity index (χ4v) is 8.15. The number of alkyl carbamates (subject to hydrolysis) is 1. The van der Waals surface area contributed by atoms with Crippen molar-refractivity contribution in [2.75, 3.05) is 13.7 Å². The fourth-order valence-electron chi connectivity index (χ4n) is 8.15. The normalized spacial score (nSPS) is 18.9. The zero-order valence-corrected chi connectivity index (χ0v) is 34.1. The molecule has 0 bridgehead atoms. The third kappa shape index (κ3) is 9.00. The Morgan fingerprint density at radius 2 is 1.53 bits per heavy atom. The van der Waals surface area contributed by atoms with Gasteiger partial charge >= 0.3 is 12.2 Å². The Morgan fingerprint density at radius 3 is 2.19 bits per heavy atom. The molecule has 3 amide bonds. The van der Waals surface area contributed by atoms with Gasteiger partial charge in [0.2, 0.25) is 5.91 Å². The van der Waals surface area contributed by atoms with Gasteiger partial charge in [-0.25, -0.2) is 19.6 Å². The van der Waals surface area contributed by atoms with E-state index in [4.69, 9.17) is 14.5 Å². The topological polar surface area (TPSA) is 146 Å². The highest BCUT2D eigenvalue weighted by atomic mass is 16.6. The Hall–Kier alpha value is -5.65. The molecule has 5 aromatic rings. The van der Waals surface area contributed by atoms with Gasteiger partial charge in [0.05, 0.1) is 43.5 Å². The number of H-pyrrole nitrogens is 2. The summed E-state index contributed by atoms with van der Waals surface area (Å²) in [6.07, 6.45) is 7.46. The van der Waals surface area contributed by atoms with E-state index < -0.39 is 17.7 Å². The monoisotopic (exact) mass is 773 g/mol. The summed E-state index contributed by atoms with van der Waals surface area (Å²) < 4.78 is 10.6. The van der Waals surface area contributed by atoms with Crippen LogP contribution in [-0.4, -0.2) is 79.2 Å². The summed E-state index contributed by atoms with van der Waals surface area (Å²) in [6, 6.07) is 20.5. The number of ether oxygens (including phenoxy) is 2. The van der Waals surface area contributed by atoms with Crippen LogP contribution in [0.1, 0.15) is 91.3 Å². The van der Waals surface area contributed by atoms with Crippen molar-refractivity contribution in [1.82, 2.24) is 35.1 Å². The second kappa shape index (κ2) is 16.4. The molecule has 0 radical (unpaired) electrons. The van der Waals surface area contributed by atoms with E-state index in [1.165, 1.54) is 7.11 Å². The first kappa shape index (κ1) is 39.6. The average molecular weight is 774 g/mol. The molecule has 2 aliphatic rings. The third-order valence-corrected chi connectivity index (χ3v) is 11.2. The minimum Gasteiger partial charge on any atom is -0.453 e. The molecule has 0 spiro atoms. The maximum atomic E-state index is 13.6. The van der Waals surface area contributed by atoms with Gasteiger partial charge in [-0.05, 0) is 104 Å². The quantitative estimate of drug-likeness (QED) is 0.128. The van der Waals surface area contributed by atoms with Crippen LogP contribution < -0.4 is 5.32 Å². The van der Waals surface area contributed by atoms with Crippen molar-refractivity contribution in [2.45, 2.75) is 104 Å². The van der Waals surface area contributed by atoms with Gasteiger partial charge in [0.15, 0.2) is 0 Å². The first-order chi connectivity index (χ1) is 27.3. The summed E-state index contributed by atoms with van der Waals surface area (Å²) >= 11 is 0. The van der Waals surface area contributed by atoms with E-state index >= 15 is 0 Å². The van der Waals surface area contributed by atoms with Crippen LogP contribution in [0.3, 0.4) is 0 Å². The number of nitrogens with zero attached hydrogens (tertiary/aromatic N) is 4. The third-order valence-electron chi connectivity index (χ3n) is 11.2. The van der Waals surface area contributed by atoms with E-state index in [0.29, 0.717) is 19.0 Å². The lowest BCUT2D eigenvalue weighted by Gasteiger charge is -2.31. The van der Waals surface area contributed by atoms with E-state index in [9.17, 15) is 14.4 Å². The van der Waals surface area contributed by atoms with Gasteiger partial charge in [-0.1, -0.05) is 69.3 Å². The molecule has 7 rings (SSSR count). The van der Waals surface area contributed by atoms with Gasteiger partial charge in [0.25, 0.3) is 0 Å². The van der Waals surface area contributed by atoms with Gasteiger partial charge < -0.3 is 29.7 Å². The summed E-state index contributed by atoms with van der Waals surface area (Å²) in [7, 11) is 1.30. The van der Waals surface area contributed by atoms with E-state index in [1.807, 2.05) is 56.8 Å². The lowest BCUT2D eigenvalue weighted by molar-refractivity contribution is -0.135. The highest BCUT2D eigenvalue weighted by Gasteiger charge is 2.38. The molecule has 12 nitrogen and oxygen atoms in total. The molecule has 1 saturated carbocycles. The molecule has 3 aromatic carbocycles. The number of imidazole rings is 2.